The average molecular weight is 518 g/mol. The second-order valence-corrected chi connectivity index (χ2v) is 10.5. The van der Waals surface area contributed by atoms with E-state index in [1.807, 2.05) is 4.90 Å². The number of rotatable bonds is 9. The maximum atomic E-state index is 13.1. The molecule has 1 aliphatic heterocycles. The van der Waals surface area contributed by atoms with Crippen molar-refractivity contribution in [2.75, 3.05) is 43.0 Å². The van der Waals surface area contributed by atoms with E-state index in [4.69, 9.17) is 4.74 Å². The SMILES string of the molecule is CCN(CC)S(=O)(=O)c1ccc(N2CCCC2)c(C(=O)OCC(=O)Nc2cccc3nsnc23)c1. The molecule has 2 heterocycles. The topological polar surface area (TPSA) is 122 Å². The van der Waals surface area contributed by atoms with Crippen molar-refractivity contribution in [2.45, 2.75) is 31.6 Å². The zero-order valence-corrected chi connectivity index (χ0v) is 21.2. The van der Waals surface area contributed by atoms with Gasteiger partial charge in [-0.1, -0.05) is 19.9 Å². The first-order valence-electron chi connectivity index (χ1n) is 11.4. The lowest BCUT2D eigenvalue weighted by Gasteiger charge is -2.23. The first-order chi connectivity index (χ1) is 16.8. The molecule has 0 atom stereocenters. The molecule has 1 saturated heterocycles. The number of nitrogens with zero attached hydrogens (tertiary/aromatic N) is 4. The number of carbonyl (C=O) groups excluding carboxylic acids is 2. The molecule has 0 unspecified atom stereocenters. The summed E-state index contributed by atoms with van der Waals surface area (Å²) >= 11 is 1.04. The molecular weight excluding hydrogens is 490 g/mol. The van der Waals surface area contributed by atoms with E-state index in [0.717, 1.165) is 37.7 Å². The maximum Gasteiger partial charge on any atom is 0.340 e. The zero-order chi connectivity index (χ0) is 25.0. The van der Waals surface area contributed by atoms with Gasteiger partial charge in [-0.05, 0) is 43.2 Å². The Kier molecular flexibility index (Phi) is 7.63. The van der Waals surface area contributed by atoms with Crippen molar-refractivity contribution in [1.29, 1.82) is 0 Å². The van der Waals surface area contributed by atoms with Crippen molar-refractivity contribution in [3.8, 4) is 0 Å². The Morgan fingerprint density at radius 1 is 1.11 bits per heavy atom. The highest BCUT2D eigenvalue weighted by Crippen LogP contribution is 2.29. The van der Waals surface area contributed by atoms with E-state index in [2.05, 4.69) is 14.1 Å². The molecule has 0 saturated carbocycles. The number of hydrogen-bond donors (Lipinski definition) is 1. The first-order valence-corrected chi connectivity index (χ1v) is 13.6. The molecule has 1 fully saturated rings. The highest BCUT2D eigenvalue weighted by Gasteiger charge is 2.27. The molecule has 1 aromatic heterocycles. The van der Waals surface area contributed by atoms with Crippen molar-refractivity contribution >= 4 is 56.0 Å². The predicted molar refractivity (Wildman–Crippen MR) is 134 cm³/mol. The molecule has 3 aromatic rings. The molecule has 186 valence electrons. The minimum absolute atomic E-state index is 0.0169. The molecule has 12 heteroatoms. The number of amides is 1. The molecule has 0 radical (unpaired) electrons. The number of nitrogens with one attached hydrogen (secondary N) is 1. The summed E-state index contributed by atoms with van der Waals surface area (Å²) in [5, 5.41) is 2.69. The average Bonchev–Trinajstić information content (AvgIpc) is 3.55. The first kappa shape index (κ1) is 25.0. The van der Waals surface area contributed by atoms with Gasteiger partial charge in [0, 0.05) is 26.2 Å². The van der Waals surface area contributed by atoms with E-state index in [1.165, 1.54) is 16.4 Å². The minimum atomic E-state index is -3.77. The van der Waals surface area contributed by atoms with Gasteiger partial charge in [-0.3, -0.25) is 4.79 Å². The van der Waals surface area contributed by atoms with Crippen LogP contribution in [0.3, 0.4) is 0 Å². The second kappa shape index (κ2) is 10.7. The van der Waals surface area contributed by atoms with Crippen LogP contribution in [-0.2, 0) is 19.6 Å². The summed E-state index contributed by atoms with van der Waals surface area (Å²) in [4.78, 5) is 27.6. The number of hydrogen-bond acceptors (Lipinski definition) is 9. The summed E-state index contributed by atoms with van der Waals surface area (Å²) < 4.78 is 41.0. The number of esters is 1. The van der Waals surface area contributed by atoms with E-state index in [-0.39, 0.29) is 10.5 Å². The summed E-state index contributed by atoms with van der Waals surface area (Å²) in [7, 11) is -3.77. The third kappa shape index (κ3) is 5.29. The van der Waals surface area contributed by atoms with Crippen molar-refractivity contribution in [1.82, 2.24) is 13.1 Å². The van der Waals surface area contributed by atoms with Gasteiger partial charge in [0.1, 0.15) is 11.0 Å². The van der Waals surface area contributed by atoms with Crippen LogP contribution in [0.25, 0.3) is 11.0 Å². The van der Waals surface area contributed by atoms with Crippen LogP contribution in [0.2, 0.25) is 0 Å². The molecule has 0 bridgehead atoms. The van der Waals surface area contributed by atoms with Crippen LogP contribution in [0, 0.1) is 0 Å². The number of carbonyl (C=O) groups is 2. The molecular formula is C23H27N5O5S2. The second-order valence-electron chi connectivity index (χ2n) is 8.02. The number of benzene rings is 2. The van der Waals surface area contributed by atoms with Crippen LogP contribution < -0.4 is 10.2 Å². The third-order valence-electron chi connectivity index (χ3n) is 5.87. The summed E-state index contributed by atoms with van der Waals surface area (Å²) in [6.45, 7) is 5.13. The molecule has 1 aliphatic rings. The van der Waals surface area contributed by atoms with Crippen LogP contribution in [0.15, 0.2) is 41.3 Å². The Balaban J connectivity index is 1.55. The van der Waals surface area contributed by atoms with Crippen molar-refractivity contribution < 1.29 is 22.7 Å². The highest BCUT2D eigenvalue weighted by molar-refractivity contribution is 7.89. The number of ether oxygens (including phenoxy) is 1. The van der Waals surface area contributed by atoms with Gasteiger partial charge in [0.2, 0.25) is 10.0 Å². The molecule has 1 amide bonds. The Morgan fingerprint density at radius 3 is 2.57 bits per heavy atom. The van der Waals surface area contributed by atoms with Gasteiger partial charge in [0.25, 0.3) is 5.91 Å². The van der Waals surface area contributed by atoms with E-state index >= 15 is 0 Å². The summed E-state index contributed by atoms with van der Waals surface area (Å²) in [5.74, 6) is -1.29. The predicted octanol–water partition coefficient (Wildman–Crippen LogP) is 3.12. The fourth-order valence-electron chi connectivity index (χ4n) is 4.09. The Bertz CT molecular complexity index is 1330. The van der Waals surface area contributed by atoms with Crippen LogP contribution in [0.4, 0.5) is 11.4 Å². The normalized spacial score (nSPS) is 14.0. The largest absolute Gasteiger partial charge is 0.452 e. The zero-order valence-electron chi connectivity index (χ0n) is 19.6. The Labute approximate surface area is 208 Å². The van der Waals surface area contributed by atoms with E-state index in [9.17, 15) is 18.0 Å². The Hall–Kier alpha value is -3.09. The third-order valence-corrected chi connectivity index (χ3v) is 8.46. The van der Waals surface area contributed by atoms with Gasteiger partial charge in [0.05, 0.1) is 33.6 Å². The highest BCUT2D eigenvalue weighted by atomic mass is 32.2. The molecule has 10 nitrogen and oxygen atoms in total. The number of aromatic nitrogens is 2. The van der Waals surface area contributed by atoms with Crippen LogP contribution in [0.5, 0.6) is 0 Å². The van der Waals surface area contributed by atoms with Crippen LogP contribution in [-0.4, -0.2) is 66.1 Å². The molecule has 0 spiro atoms. The number of sulfonamides is 1. The summed E-state index contributed by atoms with van der Waals surface area (Å²) in [5.41, 5.74) is 2.42. The van der Waals surface area contributed by atoms with Crippen molar-refractivity contribution in [2.24, 2.45) is 0 Å². The molecule has 0 aliphatic carbocycles. The number of fused-ring (bicyclic) bond motifs is 1. The van der Waals surface area contributed by atoms with Gasteiger partial charge in [-0.2, -0.15) is 13.1 Å². The van der Waals surface area contributed by atoms with E-state index in [0.29, 0.717) is 35.5 Å². The van der Waals surface area contributed by atoms with Crippen LogP contribution in [0.1, 0.15) is 37.0 Å². The lowest BCUT2D eigenvalue weighted by atomic mass is 10.1. The van der Waals surface area contributed by atoms with Crippen molar-refractivity contribution in [3.05, 3.63) is 42.0 Å². The van der Waals surface area contributed by atoms with Gasteiger partial charge in [0.15, 0.2) is 6.61 Å². The fourth-order valence-corrected chi connectivity index (χ4v) is 6.12. The quantitative estimate of drug-likeness (QED) is 0.430. The molecule has 35 heavy (non-hydrogen) atoms. The van der Waals surface area contributed by atoms with E-state index in [1.54, 1.807) is 38.1 Å². The molecule has 4 rings (SSSR count). The summed E-state index contributed by atoms with van der Waals surface area (Å²) in [6.07, 6.45) is 1.96. The van der Waals surface area contributed by atoms with Gasteiger partial charge in [-0.25, -0.2) is 13.2 Å². The summed E-state index contributed by atoms with van der Waals surface area (Å²) in [6, 6.07) is 9.74. The lowest BCUT2D eigenvalue weighted by Crippen LogP contribution is -2.31. The Morgan fingerprint density at radius 2 is 1.86 bits per heavy atom. The monoisotopic (exact) mass is 517 g/mol. The van der Waals surface area contributed by atoms with Gasteiger partial charge >= 0.3 is 5.97 Å². The minimum Gasteiger partial charge on any atom is -0.452 e. The lowest BCUT2D eigenvalue weighted by molar-refractivity contribution is -0.119. The van der Waals surface area contributed by atoms with E-state index < -0.39 is 28.5 Å². The van der Waals surface area contributed by atoms with Crippen LogP contribution >= 0.6 is 11.7 Å². The van der Waals surface area contributed by atoms with Crippen molar-refractivity contribution in [3.63, 3.8) is 0 Å². The fraction of sp³-hybridized carbons (Fsp3) is 0.391. The number of anilines is 2. The van der Waals surface area contributed by atoms with Gasteiger partial charge < -0.3 is 15.0 Å². The molecule has 1 N–H and O–H groups in total. The smallest absolute Gasteiger partial charge is 0.340 e. The van der Waals surface area contributed by atoms with Gasteiger partial charge in [-0.15, -0.1) is 0 Å². The molecule has 2 aromatic carbocycles. The maximum absolute atomic E-state index is 13.1. The standard InChI is InChI=1S/C23H27N5O5S2/c1-3-28(4-2)35(31,32)16-10-11-20(27-12-5-6-13-27)17(14-16)23(30)33-15-21(29)24-18-8-7-9-19-22(18)26-34-25-19/h7-11,14H,3-6,12-13,15H2,1-2H3,(H,24,29).